The molecule has 5 rings (SSSR count). The van der Waals surface area contributed by atoms with Crippen LogP contribution in [0.5, 0.6) is 5.75 Å². The summed E-state index contributed by atoms with van der Waals surface area (Å²) >= 11 is 0. The average Bonchev–Trinajstić information content (AvgIpc) is 3.60. The molecule has 2 heterocycles. The third-order valence-electron chi connectivity index (χ3n) is 7.88. The molecule has 0 saturated carbocycles. The molecule has 2 unspecified atom stereocenters. The number of hydrogen-bond acceptors (Lipinski definition) is 5. The maximum Gasteiger partial charge on any atom is 0.246 e. The second-order valence-corrected chi connectivity index (χ2v) is 12.1. The van der Waals surface area contributed by atoms with Gasteiger partial charge < -0.3 is 4.74 Å². The molecule has 2 aliphatic rings. The van der Waals surface area contributed by atoms with Gasteiger partial charge in [-0.15, -0.1) is 0 Å². The van der Waals surface area contributed by atoms with Crippen molar-refractivity contribution in [2.24, 2.45) is 7.05 Å². The smallest absolute Gasteiger partial charge is 0.246 e. The maximum absolute atomic E-state index is 13.0. The molecule has 1 fully saturated rings. The van der Waals surface area contributed by atoms with Gasteiger partial charge in [0.15, 0.2) is 0 Å². The van der Waals surface area contributed by atoms with E-state index in [0.717, 1.165) is 18.6 Å². The van der Waals surface area contributed by atoms with Gasteiger partial charge in [-0.25, -0.2) is 8.42 Å². The molecule has 198 valence electrons. The van der Waals surface area contributed by atoms with Crippen LogP contribution in [0.4, 0.5) is 0 Å². The fraction of sp³-hybridized carbons (Fsp3) is 0.483. The Morgan fingerprint density at radius 1 is 1.11 bits per heavy atom. The molecule has 1 aliphatic carbocycles. The van der Waals surface area contributed by atoms with E-state index in [1.54, 1.807) is 7.05 Å². The molecule has 0 bridgehead atoms. The summed E-state index contributed by atoms with van der Waals surface area (Å²) in [4.78, 5) is 2.91. The number of hydrogen-bond donors (Lipinski definition) is 0. The fourth-order valence-electron chi connectivity index (χ4n) is 5.97. The zero-order valence-electron chi connectivity index (χ0n) is 21.9. The van der Waals surface area contributed by atoms with Crippen LogP contribution in [-0.2, 0) is 29.9 Å². The molecule has 7 nitrogen and oxygen atoms in total. The van der Waals surface area contributed by atoms with Crippen LogP contribution < -0.4 is 4.74 Å². The van der Waals surface area contributed by atoms with Crippen LogP contribution in [0.2, 0.25) is 0 Å². The average molecular weight is 523 g/mol. The second-order valence-electron chi connectivity index (χ2n) is 10.2. The molecule has 3 aromatic rings. The van der Waals surface area contributed by atoms with E-state index in [4.69, 9.17) is 4.74 Å². The molecule has 37 heavy (non-hydrogen) atoms. The molecular weight excluding hydrogens is 484 g/mol. The lowest BCUT2D eigenvalue weighted by Gasteiger charge is -2.39. The van der Waals surface area contributed by atoms with E-state index >= 15 is 0 Å². The standard InChI is InChI=1S/C29H38N4O3S/c1-3-33(37(34,35)26-21-30-31(2)22-26)17-18-36-25-13-11-24-12-14-29(32-15-7-8-16-32)28(27(24)20-25)19-23-9-5-4-6-10-23/h4-6,9-11,13,20-22,28-29H,3,7-8,12,14-19H2,1-2H3. The van der Waals surface area contributed by atoms with Gasteiger partial charge in [-0.1, -0.05) is 43.3 Å². The van der Waals surface area contributed by atoms with Crippen molar-refractivity contribution < 1.29 is 13.2 Å². The molecule has 0 N–H and O–H groups in total. The Hall–Kier alpha value is -2.68. The van der Waals surface area contributed by atoms with Crippen LogP contribution >= 0.6 is 0 Å². The number of nitrogens with zero attached hydrogens (tertiary/aromatic N) is 4. The van der Waals surface area contributed by atoms with Crippen molar-refractivity contribution in [2.75, 3.05) is 32.8 Å². The van der Waals surface area contributed by atoms with Gasteiger partial charge in [-0.3, -0.25) is 9.58 Å². The summed E-state index contributed by atoms with van der Waals surface area (Å²) in [6.45, 7) is 5.19. The summed E-state index contributed by atoms with van der Waals surface area (Å²) in [6, 6.07) is 17.8. The van der Waals surface area contributed by atoms with Gasteiger partial charge in [0.2, 0.25) is 10.0 Å². The molecular formula is C29H38N4O3S. The summed E-state index contributed by atoms with van der Waals surface area (Å²) < 4.78 is 35.1. The van der Waals surface area contributed by atoms with Gasteiger partial charge in [0.05, 0.1) is 6.20 Å². The van der Waals surface area contributed by atoms with Crippen molar-refractivity contribution >= 4 is 10.0 Å². The van der Waals surface area contributed by atoms with Gasteiger partial charge in [-0.2, -0.15) is 9.40 Å². The molecule has 2 aromatic carbocycles. The number of aromatic nitrogens is 2. The number of fused-ring (bicyclic) bond motifs is 1. The second kappa shape index (κ2) is 11.4. The van der Waals surface area contributed by atoms with Crippen molar-refractivity contribution in [1.82, 2.24) is 19.0 Å². The number of likely N-dealkylation sites (tertiary alicyclic amines) is 1. The molecule has 1 aromatic heterocycles. The van der Waals surface area contributed by atoms with E-state index in [0.29, 0.717) is 25.1 Å². The number of rotatable bonds is 10. The van der Waals surface area contributed by atoms with Crippen LogP contribution in [0.25, 0.3) is 0 Å². The lowest BCUT2D eigenvalue weighted by molar-refractivity contribution is 0.188. The van der Waals surface area contributed by atoms with Gasteiger partial charge in [0.25, 0.3) is 0 Å². The van der Waals surface area contributed by atoms with Crippen LogP contribution in [0.3, 0.4) is 0 Å². The first-order chi connectivity index (χ1) is 18.0. The van der Waals surface area contributed by atoms with Crippen molar-refractivity contribution in [2.45, 2.75) is 55.9 Å². The quantitative estimate of drug-likeness (QED) is 0.398. The first kappa shape index (κ1) is 25.9. The van der Waals surface area contributed by atoms with E-state index in [1.165, 1.54) is 70.4 Å². The Bertz CT molecular complexity index is 1290. The highest BCUT2D eigenvalue weighted by Gasteiger charge is 2.35. The van der Waals surface area contributed by atoms with Crippen LogP contribution in [0, 0.1) is 0 Å². The molecule has 8 heteroatoms. The van der Waals surface area contributed by atoms with Gasteiger partial charge in [-0.05, 0) is 74.0 Å². The lowest BCUT2D eigenvalue weighted by atomic mass is 9.75. The first-order valence-electron chi connectivity index (χ1n) is 13.5. The van der Waals surface area contributed by atoms with Gasteiger partial charge >= 0.3 is 0 Å². The summed E-state index contributed by atoms with van der Waals surface area (Å²) in [5.41, 5.74) is 4.17. The topological polar surface area (TPSA) is 67.7 Å². The van der Waals surface area contributed by atoms with E-state index < -0.39 is 10.0 Å². The third kappa shape index (κ3) is 5.76. The number of ether oxygens (including phenoxy) is 1. The number of aryl methyl sites for hydroxylation is 2. The van der Waals surface area contributed by atoms with Crippen molar-refractivity contribution in [3.05, 3.63) is 77.6 Å². The van der Waals surface area contributed by atoms with E-state index in [-0.39, 0.29) is 11.4 Å². The molecule has 0 spiro atoms. The molecule has 1 aliphatic heterocycles. The number of sulfonamides is 1. The maximum atomic E-state index is 13.0. The van der Waals surface area contributed by atoms with Crippen LogP contribution in [0.1, 0.15) is 48.8 Å². The molecule has 0 radical (unpaired) electrons. The Labute approximate surface area is 221 Å². The van der Waals surface area contributed by atoms with Crippen molar-refractivity contribution in [3.63, 3.8) is 0 Å². The lowest BCUT2D eigenvalue weighted by Crippen LogP contribution is -2.41. The SMILES string of the molecule is CCN(CCOc1ccc2c(c1)C(Cc1ccccc1)C(N1CCCC1)CC2)S(=O)(=O)c1cnn(C)c1. The molecule has 0 amide bonds. The summed E-state index contributed by atoms with van der Waals surface area (Å²) in [6.07, 6.45) is 8.82. The van der Waals surface area contributed by atoms with E-state index in [9.17, 15) is 8.42 Å². The Morgan fingerprint density at radius 3 is 2.59 bits per heavy atom. The highest BCUT2D eigenvalue weighted by molar-refractivity contribution is 7.89. The minimum Gasteiger partial charge on any atom is -0.492 e. The normalized spacial score (nSPS) is 20.3. The Balaban J connectivity index is 1.32. The van der Waals surface area contributed by atoms with Crippen LogP contribution in [-0.4, -0.2) is 66.2 Å². The summed E-state index contributed by atoms with van der Waals surface area (Å²) in [5.74, 6) is 1.24. The highest BCUT2D eigenvalue weighted by Crippen LogP contribution is 2.40. The zero-order valence-corrected chi connectivity index (χ0v) is 22.7. The minimum absolute atomic E-state index is 0.210. The van der Waals surface area contributed by atoms with Crippen LogP contribution in [0.15, 0.2) is 65.8 Å². The highest BCUT2D eigenvalue weighted by atomic mass is 32.2. The number of benzene rings is 2. The fourth-order valence-corrected chi connectivity index (χ4v) is 7.39. The van der Waals surface area contributed by atoms with Crippen molar-refractivity contribution in [1.29, 1.82) is 0 Å². The molecule has 2 atom stereocenters. The zero-order chi connectivity index (χ0) is 25.8. The summed E-state index contributed by atoms with van der Waals surface area (Å²) in [7, 11) is -1.88. The van der Waals surface area contributed by atoms with E-state index in [2.05, 4.69) is 52.5 Å². The Morgan fingerprint density at radius 2 is 1.89 bits per heavy atom. The summed E-state index contributed by atoms with van der Waals surface area (Å²) in [5, 5.41) is 4.02. The first-order valence-corrected chi connectivity index (χ1v) is 14.9. The van der Waals surface area contributed by atoms with Gasteiger partial charge in [0, 0.05) is 38.3 Å². The van der Waals surface area contributed by atoms with Crippen molar-refractivity contribution in [3.8, 4) is 5.75 Å². The largest absolute Gasteiger partial charge is 0.492 e. The monoisotopic (exact) mass is 522 g/mol. The predicted octanol–water partition coefficient (Wildman–Crippen LogP) is 4.25. The predicted molar refractivity (Wildman–Crippen MR) is 145 cm³/mol. The third-order valence-corrected chi connectivity index (χ3v) is 9.81. The minimum atomic E-state index is -3.59. The van der Waals surface area contributed by atoms with Gasteiger partial charge in [0.1, 0.15) is 17.3 Å². The van der Waals surface area contributed by atoms with E-state index in [1.807, 2.05) is 13.0 Å². The number of likely N-dealkylation sites (N-methyl/N-ethyl adjacent to an activating group) is 1. The Kier molecular flexibility index (Phi) is 7.98. The molecule has 1 saturated heterocycles.